The van der Waals surface area contributed by atoms with E-state index >= 15 is 0 Å². The molecule has 222 valence electrons. The summed E-state index contributed by atoms with van der Waals surface area (Å²) in [6, 6.07) is 29.6. The van der Waals surface area contributed by atoms with Gasteiger partial charge in [0.2, 0.25) is 0 Å². The summed E-state index contributed by atoms with van der Waals surface area (Å²) in [6.45, 7) is 4.17. The van der Waals surface area contributed by atoms with Crippen LogP contribution < -0.4 is 0 Å². The van der Waals surface area contributed by atoms with Gasteiger partial charge in [-0.25, -0.2) is 0 Å². The van der Waals surface area contributed by atoms with Crippen LogP contribution in [0.15, 0.2) is 162 Å². The van der Waals surface area contributed by atoms with Gasteiger partial charge in [0.25, 0.3) is 0 Å². The maximum Gasteiger partial charge on any atom is 0.136 e. The van der Waals surface area contributed by atoms with Gasteiger partial charge in [0, 0.05) is 16.3 Å². The Morgan fingerprint density at radius 3 is 1.60 bits per heavy atom. The number of hydrogen-bond donors (Lipinski definition) is 0. The molecule has 0 bridgehead atoms. The van der Waals surface area contributed by atoms with Crippen LogP contribution in [0.3, 0.4) is 0 Å². The van der Waals surface area contributed by atoms with Crippen molar-refractivity contribution in [3.63, 3.8) is 0 Å². The van der Waals surface area contributed by atoms with Crippen molar-refractivity contribution in [2.45, 2.75) is 13.8 Å². The van der Waals surface area contributed by atoms with E-state index in [4.69, 9.17) is 14.0 Å². The lowest BCUT2D eigenvalue weighted by Crippen LogP contribution is -1.91. The molecule has 0 atom stereocenters. The predicted octanol–water partition coefficient (Wildman–Crippen LogP) is 13.2. The molecule has 9 rings (SSSR count). The lowest BCUT2D eigenvalue weighted by atomic mass is 9.85. The summed E-state index contributed by atoms with van der Waals surface area (Å²) in [5.41, 5.74) is 8.79. The molecular formula is C46H32O. The van der Waals surface area contributed by atoms with Crippen LogP contribution >= 0.6 is 0 Å². The minimum atomic E-state index is -0.562. The van der Waals surface area contributed by atoms with Crippen LogP contribution in [-0.2, 0) is 0 Å². The highest BCUT2D eigenvalue weighted by Crippen LogP contribution is 2.46. The van der Waals surface area contributed by atoms with Crippen molar-refractivity contribution in [2.24, 2.45) is 0 Å². The number of rotatable bonds is 4. The molecule has 1 heterocycles. The topological polar surface area (TPSA) is 13.1 Å². The molecule has 0 fully saturated rings. The Balaban J connectivity index is 1.38. The molecule has 0 unspecified atom stereocenters. The largest absolute Gasteiger partial charge is 0.456 e. The Labute approximate surface area is 287 Å². The monoisotopic (exact) mass is 609 g/mol. The van der Waals surface area contributed by atoms with Gasteiger partial charge in [-0.15, -0.1) is 0 Å². The Morgan fingerprint density at radius 1 is 0.426 bits per heavy atom. The molecular weight excluding hydrogens is 569 g/mol. The lowest BCUT2D eigenvalue weighted by Gasteiger charge is -2.18. The third kappa shape index (κ3) is 4.47. The molecule has 0 amide bonds. The SMILES string of the molecule is [2H]c1c([2H])c([2H])c(-c2c3c([2H])ccc([2H])c3c(-c3ccc(-c4c(-c5cc(C)cc(C)c5)ccc5oc6ccccc6c45)cc3)c3c([2H])ccc([2H])c23)c([2H])c1[2H]. The number of benzene rings is 8. The lowest BCUT2D eigenvalue weighted by molar-refractivity contribution is 0.669. The molecule has 0 aliphatic carbocycles. The molecule has 0 radical (unpaired) electrons. The molecule has 1 nitrogen and oxygen atoms in total. The Kier molecular flexibility index (Phi) is 4.52. The van der Waals surface area contributed by atoms with Crippen molar-refractivity contribution in [3.8, 4) is 44.5 Å². The van der Waals surface area contributed by atoms with Crippen LogP contribution in [0, 0.1) is 13.8 Å². The van der Waals surface area contributed by atoms with E-state index in [9.17, 15) is 2.74 Å². The number of para-hydroxylation sites is 1. The number of fused-ring (bicyclic) bond motifs is 5. The first kappa shape index (κ1) is 19.6. The maximum atomic E-state index is 9.22. The molecule has 0 aliphatic heterocycles. The van der Waals surface area contributed by atoms with Crippen LogP contribution in [0.4, 0.5) is 0 Å². The first-order valence-electron chi connectivity index (χ1n) is 20.0. The fraction of sp³-hybridized carbons (Fsp3) is 0.0435. The van der Waals surface area contributed by atoms with E-state index in [1.54, 1.807) is 0 Å². The number of hydrogen-bond acceptors (Lipinski definition) is 1. The molecule has 47 heavy (non-hydrogen) atoms. The highest BCUT2D eigenvalue weighted by Gasteiger charge is 2.20. The van der Waals surface area contributed by atoms with Gasteiger partial charge in [-0.1, -0.05) is 157 Å². The fourth-order valence-electron chi connectivity index (χ4n) is 7.03. The van der Waals surface area contributed by atoms with Crippen molar-refractivity contribution in [2.75, 3.05) is 0 Å². The second-order valence-corrected chi connectivity index (χ2v) is 11.9. The van der Waals surface area contributed by atoms with Crippen molar-refractivity contribution < 1.29 is 16.8 Å². The molecule has 0 saturated carbocycles. The molecule has 8 aromatic carbocycles. The maximum absolute atomic E-state index is 9.22. The van der Waals surface area contributed by atoms with E-state index < -0.39 is 30.2 Å². The van der Waals surface area contributed by atoms with Crippen LogP contribution in [-0.4, -0.2) is 0 Å². The standard InChI is InChI=1S/C46H32O/c1-29-26-30(2)28-34(27-29)35-24-25-42-46(40-18-10-11-19-41(40)47-42)45(35)33-22-20-32(21-23-33)44-38-16-8-6-14-36(38)43(31-12-4-3-5-13-31)37-15-7-9-17-39(37)44/h3-28H,1-2H3/i3D,4D,5D,12D,13D,14D,15D,16D,17D. The molecule has 0 N–H and O–H groups in total. The van der Waals surface area contributed by atoms with Crippen molar-refractivity contribution >= 4 is 43.5 Å². The van der Waals surface area contributed by atoms with Gasteiger partial charge in [0.05, 0.1) is 12.3 Å². The first-order valence-corrected chi connectivity index (χ1v) is 15.5. The average Bonchev–Trinajstić information content (AvgIpc) is 3.57. The second kappa shape index (κ2) is 10.9. The summed E-state index contributed by atoms with van der Waals surface area (Å²) in [4.78, 5) is 0. The number of furan rings is 1. The Hall–Kier alpha value is -5.92. The van der Waals surface area contributed by atoms with Gasteiger partial charge < -0.3 is 4.42 Å². The van der Waals surface area contributed by atoms with E-state index in [1.807, 2.05) is 48.5 Å². The summed E-state index contributed by atoms with van der Waals surface area (Å²) in [5.74, 6) is 0. The molecule has 9 aromatic rings. The minimum Gasteiger partial charge on any atom is -0.456 e. The van der Waals surface area contributed by atoms with Crippen LogP contribution in [0.1, 0.15) is 23.5 Å². The molecule has 1 heteroatoms. The zero-order valence-electron chi connectivity index (χ0n) is 34.7. The van der Waals surface area contributed by atoms with Crippen molar-refractivity contribution in [3.05, 3.63) is 169 Å². The normalized spacial score (nSPS) is 14.3. The average molecular weight is 610 g/mol. The molecule has 0 saturated heterocycles. The van der Waals surface area contributed by atoms with E-state index in [1.165, 1.54) is 24.3 Å². The number of aryl methyl sites for hydroxylation is 2. The summed E-state index contributed by atoms with van der Waals surface area (Å²) < 4.78 is 86.0. The fourth-order valence-corrected chi connectivity index (χ4v) is 7.03. The molecule has 1 aromatic heterocycles. The van der Waals surface area contributed by atoms with Crippen molar-refractivity contribution in [1.82, 2.24) is 0 Å². The van der Waals surface area contributed by atoms with Gasteiger partial charge in [0.1, 0.15) is 11.2 Å². The van der Waals surface area contributed by atoms with E-state index in [2.05, 4.69) is 44.2 Å². The quantitative estimate of drug-likeness (QED) is 0.181. The van der Waals surface area contributed by atoms with E-state index in [0.29, 0.717) is 11.1 Å². The predicted molar refractivity (Wildman–Crippen MR) is 200 cm³/mol. The van der Waals surface area contributed by atoms with Crippen LogP contribution in [0.25, 0.3) is 88.0 Å². The summed E-state index contributed by atoms with van der Waals surface area (Å²) in [5, 5.41) is 2.89. The van der Waals surface area contributed by atoms with Crippen LogP contribution in [0.5, 0.6) is 0 Å². The third-order valence-corrected chi connectivity index (χ3v) is 8.87. The van der Waals surface area contributed by atoms with Gasteiger partial charge in [0.15, 0.2) is 0 Å². The summed E-state index contributed by atoms with van der Waals surface area (Å²) >= 11 is 0. The molecule has 0 spiro atoms. The Bertz CT molecular complexity index is 3030. The minimum absolute atomic E-state index is 0.0344. The Morgan fingerprint density at radius 2 is 0.979 bits per heavy atom. The van der Waals surface area contributed by atoms with E-state index in [-0.39, 0.29) is 56.8 Å². The summed E-state index contributed by atoms with van der Waals surface area (Å²) in [6.07, 6.45) is 0. The zero-order chi connectivity index (χ0) is 39.3. The first-order chi connectivity index (χ1) is 26.8. The zero-order valence-corrected chi connectivity index (χ0v) is 25.7. The highest BCUT2D eigenvalue weighted by molar-refractivity contribution is 6.21. The third-order valence-electron chi connectivity index (χ3n) is 8.87. The van der Waals surface area contributed by atoms with Crippen LogP contribution in [0.2, 0.25) is 0 Å². The van der Waals surface area contributed by atoms with Gasteiger partial charge in [-0.05, 0) is 86.5 Å². The summed E-state index contributed by atoms with van der Waals surface area (Å²) in [7, 11) is 0. The van der Waals surface area contributed by atoms with Gasteiger partial charge >= 0.3 is 0 Å². The van der Waals surface area contributed by atoms with Gasteiger partial charge in [-0.3, -0.25) is 0 Å². The van der Waals surface area contributed by atoms with Crippen molar-refractivity contribution in [1.29, 1.82) is 0 Å². The van der Waals surface area contributed by atoms with Gasteiger partial charge in [-0.2, -0.15) is 0 Å². The van der Waals surface area contributed by atoms with E-state index in [0.717, 1.165) is 55.3 Å². The molecule has 0 aliphatic rings. The highest BCUT2D eigenvalue weighted by atomic mass is 16.3. The second-order valence-electron chi connectivity index (χ2n) is 11.9. The smallest absolute Gasteiger partial charge is 0.136 e.